The van der Waals surface area contributed by atoms with Crippen molar-refractivity contribution in [2.45, 2.75) is 39.2 Å². The van der Waals surface area contributed by atoms with Gasteiger partial charge < -0.3 is 14.5 Å². The van der Waals surface area contributed by atoms with Crippen LogP contribution in [0.1, 0.15) is 33.6 Å². The van der Waals surface area contributed by atoms with Crippen molar-refractivity contribution in [3.8, 4) is 0 Å². The van der Waals surface area contributed by atoms with Crippen LogP contribution in [0.15, 0.2) is 12.3 Å². The van der Waals surface area contributed by atoms with Crippen LogP contribution in [-0.4, -0.2) is 53.6 Å². The molecule has 1 fully saturated rings. The maximum absolute atomic E-state index is 12.1. The normalized spacial score (nSPS) is 19.6. The lowest BCUT2D eigenvalue weighted by molar-refractivity contribution is 0.0160. The van der Waals surface area contributed by atoms with E-state index in [1.165, 1.54) is 6.34 Å². The molecule has 0 radical (unpaired) electrons. The molecule has 6 heteroatoms. The van der Waals surface area contributed by atoms with Crippen LogP contribution in [0.25, 0.3) is 0 Å². The van der Waals surface area contributed by atoms with Crippen LogP contribution in [0.5, 0.6) is 0 Å². The van der Waals surface area contributed by atoms with Crippen molar-refractivity contribution in [1.82, 2.24) is 9.80 Å². The summed E-state index contributed by atoms with van der Waals surface area (Å²) >= 11 is 0. The molecule has 1 rings (SSSR count). The Balaban J connectivity index is 2.53. The van der Waals surface area contributed by atoms with E-state index in [4.69, 9.17) is 10.1 Å². The summed E-state index contributed by atoms with van der Waals surface area (Å²) in [5, 5.41) is 7.45. The van der Waals surface area contributed by atoms with Crippen molar-refractivity contribution in [3.05, 3.63) is 12.3 Å². The highest BCUT2D eigenvalue weighted by molar-refractivity contribution is 7.16. The molecule has 1 aliphatic rings. The van der Waals surface area contributed by atoms with Gasteiger partial charge in [-0.05, 0) is 45.7 Å². The number of nitrogens with zero attached hydrogens (tertiary/aromatic N) is 2. The quantitative estimate of drug-likeness (QED) is 0.482. The van der Waals surface area contributed by atoms with E-state index in [0.29, 0.717) is 12.5 Å². The summed E-state index contributed by atoms with van der Waals surface area (Å²) in [6.45, 7) is 7.89. The lowest BCUT2D eigenvalue weighted by Crippen LogP contribution is -2.45. The summed E-state index contributed by atoms with van der Waals surface area (Å²) in [6, 6.07) is 0. The Labute approximate surface area is 130 Å². The van der Waals surface area contributed by atoms with E-state index in [0.717, 1.165) is 32.1 Å². The second-order valence-electron chi connectivity index (χ2n) is 6.38. The molecule has 2 atom stereocenters. The number of hydrogen-bond donors (Lipinski definition) is 1. The van der Waals surface area contributed by atoms with Gasteiger partial charge >= 0.3 is 6.09 Å². The number of rotatable bonds is 5. The van der Waals surface area contributed by atoms with E-state index in [9.17, 15) is 4.79 Å². The third-order valence-corrected chi connectivity index (χ3v) is 3.51. The fourth-order valence-corrected chi connectivity index (χ4v) is 2.48. The monoisotopic (exact) mass is 313 g/mol. The number of amides is 1. The Morgan fingerprint density at radius 1 is 1.52 bits per heavy atom. The van der Waals surface area contributed by atoms with Gasteiger partial charge in [0.2, 0.25) is 0 Å². The van der Waals surface area contributed by atoms with Gasteiger partial charge in [-0.2, -0.15) is 0 Å². The molecule has 0 saturated carbocycles. The van der Waals surface area contributed by atoms with Gasteiger partial charge in [-0.15, -0.1) is 9.24 Å². The van der Waals surface area contributed by atoms with Gasteiger partial charge in [-0.1, -0.05) is 6.08 Å². The lowest BCUT2D eigenvalue weighted by Gasteiger charge is -2.35. The van der Waals surface area contributed by atoms with Crippen molar-refractivity contribution >= 4 is 21.7 Å². The number of allylic oxidation sites excluding steroid dienone is 1. The highest BCUT2D eigenvalue weighted by atomic mass is 31.0. The van der Waals surface area contributed by atoms with Crippen LogP contribution in [0.3, 0.4) is 0 Å². The number of carbonyl (C=O) groups excluding carboxylic acids is 1. The molecule has 0 aromatic heterocycles. The number of ether oxygens (including phenoxy) is 1. The minimum Gasteiger partial charge on any atom is -0.444 e. The third-order valence-electron chi connectivity index (χ3n) is 3.24. The van der Waals surface area contributed by atoms with Crippen LogP contribution in [-0.2, 0) is 4.74 Å². The smallest absolute Gasteiger partial charge is 0.410 e. The Kier molecular flexibility index (Phi) is 7.16. The van der Waals surface area contributed by atoms with E-state index in [-0.39, 0.29) is 6.09 Å². The molecule has 21 heavy (non-hydrogen) atoms. The fourth-order valence-electron chi connectivity index (χ4n) is 2.36. The van der Waals surface area contributed by atoms with Crippen LogP contribution < -0.4 is 0 Å². The molecule has 1 saturated heterocycles. The van der Waals surface area contributed by atoms with Gasteiger partial charge in [0.05, 0.1) is 6.34 Å². The zero-order chi connectivity index (χ0) is 15.9. The predicted octanol–water partition coefficient (Wildman–Crippen LogP) is 2.93. The molecule has 0 aromatic carbocycles. The third kappa shape index (κ3) is 6.94. The molecule has 0 bridgehead atoms. The minimum absolute atomic E-state index is 0.228. The average molecular weight is 313 g/mol. The SMILES string of the molecule is CC(C)(C)OC(=O)N1CCCC(CN(C=N)/C=C/CP)C1. The summed E-state index contributed by atoms with van der Waals surface area (Å²) in [4.78, 5) is 15.8. The molecule has 120 valence electrons. The Hall–Kier alpha value is -1.09. The van der Waals surface area contributed by atoms with Gasteiger partial charge in [-0.3, -0.25) is 5.41 Å². The van der Waals surface area contributed by atoms with Crippen LogP contribution in [0, 0.1) is 11.3 Å². The Bertz CT molecular complexity index is 380. The number of piperidine rings is 1. The second-order valence-corrected chi connectivity index (χ2v) is 6.85. The van der Waals surface area contributed by atoms with Crippen LogP contribution >= 0.6 is 9.24 Å². The molecule has 0 aromatic rings. The van der Waals surface area contributed by atoms with E-state index in [2.05, 4.69) is 9.24 Å². The fraction of sp³-hybridized carbons (Fsp3) is 0.733. The molecule has 2 unspecified atom stereocenters. The van der Waals surface area contributed by atoms with Crippen LogP contribution in [0.4, 0.5) is 4.79 Å². The topological polar surface area (TPSA) is 56.6 Å². The Morgan fingerprint density at radius 3 is 2.81 bits per heavy atom. The van der Waals surface area contributed by atoms with E-state index >= 15 is 0 Å². The first-order valence-corrected chi connectivity index (χ1v) is 8.28. The number of carbonyl (C=O) groups is 1. The molecule has 1 heterocycles. The number of likely N-dealkylation sites (tertiary alicyclic amines) is 1. The molecule has 1 aliphatic heterocycles. The predicted molar refractivity (Wildman–Crippen MR) is 89.7 cm³/mol. The van der Waals surface area contributed by atoms with Crippen molar-refractivity contribution in [1.29, 1.82) is 5.41 Å². The van der Waals surface area contributed by atoms with Crippen molar-refractivity contribution < 1.29 is 9.53 Å². The first-order chi connectivity index (χ1) is 9.85. The van der Waals surface area contributed by atoms with Crippen molar-refractivity contribution in [2.24, 2.45) is 5.92 Å². The highest BCUT2D eigenvalue weighted by Gasteiger charge is 2.28. The van der Waals surface area contributed by atoms with Gasteiger partial charge in [0.25, 0.3) is 0 Å². The number of nitrogens with one attached hydrogen (secondary N) is 1. The summed E-state index contributed by atoms with van der Waals surface area (Å²) in [7, 11) is 2.63. The summed E-state index contributed by atoms with van der Waals surface area (Å²) in [5.74, 6) is 0.377. The highest BCUT2D eigenvalue weighted by Crippen LogP contribution is 2.20. The van der Waals surface area contributed by atoms with Crippen LogP contribution in [0.2, 0.25) is 0 Å². The molecule has 1 N–H and O–H groups in total. The first kappa shape index (κ1) is 18.0. The van der Waals surface area contributed by atoms with Gasteiger partial charge in [0, 0.05) is 25.8 Å². The maximum Gasteiger partial charge on any atom is 0.410 e. The summed E-state index contributed by atoms with van der Waals surface area (Å²) < 4.78 is 5.43. The molecule has 0 spiro atoms. The van der Waals surface area contributed by atoms with Crippen molar-refractivity contribution in [3.63, 3.8) is 0 Å². The molecule has 5 nitrogen and oxygen atoms in total. The van der Waals surface area contributed by atoms with Gasteiger partial charge in [0.15, 0.2) is 0 Å². The second kappa shape index (κ2) is 8.38. The largest absolute Gasteiger partial charge is 0.444 e. The van der Waals surface area contributed by atoms with Gasteiger partial charge in [-0.25, -0.2) is 4.79 Å². The molecule has 0 aliphatic carbocycles. The molecule has 1 amide bonds. The summed E-state index contributed by atoms with van der Waals surface area (Å²) in [6.07, 6.45) is 7.98. The van der Waals surface area contributed by atoms with Crippen molar-refractivity contribution in [2.75, 3.05) is 25.8 Å². The molecular formula is C15H28N3O2P. The maximum atomic E-state index is 12.1. The van der Waals surface area contributed by atoms with E-state index < -0.39 is 5.60 Å². The lowest BCUT2D eigenvalue weighted by atomic mass is 9.98. The van der Waals surface area contributed by atoms with E-state index in [1.807, 2.05) is 37.9 Å². The minimum atomic E-state index is -0.452. The summed E-state index contributed by atoms with van der Waals surface area (Å²) in [5.41, 5.74) is -0.452. The standard InChI is InChI=1S/C15H28N3O2P/c1-15(2,3)20-14(19)18-8-4-6-13(11-18)10-17(12-16)7-5-9-21/h5,7,12-13,16H,4,6,8-11,21H2,1-3H3/b7-5+,16-12?. The van der Waals surface area contributed by atoms with E-state index in [1.54, 1.807) is 4.90 Å². The zero-order valence-corrected chi connectivity index (χ0v) is 14.5. The van der Waals surface area contributed by atoms with Gasteiger partial charge in [0.1, 0.15) is 5.60 Å². The first-order valence-electron chi connectivity index (χ1n) is 7.46. The zero-order valence-electron chi connectivity index (χ0n) is 13.3. The number of hydrogen-bond acceptors (Lipinski definition) is 3. The molecular weight excluding hydrogens is 285 g/mol. The Morgan fingerprint density at radius 2 is 2.24 bits per heavy atom. The average Bonchev–Trinajstić information content (AvgIpc) is 2.42.